The molecule has 0 saturated carbocycles. The zero-order valence-corrected chi connectivity index (χ0v) is 19.9. The zero-order chi connectivity index (χ0) is 23.1. The Bertz CT molecular complexity index is 1120. The van der Waals surface area contributed by atoms with Gasteiger partial charge in [0.05, 0.1) is 17.7 Å². The Morgan fingerprint density at radius 1 is 1.25 bits per heavy atom. The van der Waals surface area contributed by atoms with E-state index in [0.717, 1.165) is 16.5 Å². The van der Waals surface area contributed by atoms with Crippen molar-refractivity contribution in [1.82, 2.24) is 14.9 Å². The van der Waals surface area contributed by atoms with Gasteiger partial charge in [-0.05, 0) is 37.1 Å². The van der Waals surface area contributed by atoms with Crippen molar-refractivity contribution in [2.24, 2.45) is 5.10 Å². The average molecular weight is 519 g/mol. The fourth-order valence-electron chi connectivity index (χ4n) is 2.82. The first-order chi connectivity index (χ1) is 15.4. The molecule has 0 N–H and O–H groups in total. The average Bonchev–Trinajstić information content (AvgIpc) is 3.15. The van der Waals surface area contributed by atoms with Crippen LogP contribution >= 0.6 is 27.7 Å². The molecule has 9 nitrogen and oxygen atoms in total. The van der Waals surface area contributed by atoms with Crippen LogP contribution < -0.4 is 9.84 Å². The molecule has 0 radical (unpaired) electrons. The molecule has 0 saturated heterocycles. The monoisotopic (exact) mass is 518 g/mol. The number of nitrogens with zero attached hydrogens (tertiary/aromatic N) is 5. The second kappa shape index (κ2) is 11.1. The molecule has 168 valence electrons. The summed E-state index contributed by atoms with van der Waals surface area (Å²) in [7, 11) is 0. The second-order valence-electron chi connectivity index (χ2n) is 6.68. The Morgan fingerprint density at radius 3 is 2.66 bits per heavy atom. The molecule has 3 aromatic rings. The van der Waals surface area contributed by atoms with Crippen LogP contribution in [0.5, 0.6) is 11.5 Å². The Balaban J connectivity index is 1.90. The minimum atomic E-state index is -0.754. The number of aryl methyl sites for hydroxylation is 1. The van der Waals surface area contributed by atoms with Gasteiger partial charge in [0, 0.05) is 34.0 Å². The summed E-state index contributed by atoms with van der Waals surface area (Å²) < 4.78 is 7.91. The Kier molecular flexibility index (Phi) is 8.23. The third kappa shape index (κ3) is 5.86. The number of halogens is 1. The highest BCUT2D eigenvalue weighted by atomic mass is 79.9. The molecule has 0 aliphatic rings. The first-order valence-electron chi connectivity index (χ1n) is 9.91. The van der Waals surface area contributed by atoms with E-state index in [0.29, 0.717) is 28.7 Å². The highest BCUT2D eigenvalue weighted by Gasteiger charge is 2.15. The molecule has 11 heteroatoms. The van der Waals surface area contributed by atoms with Gasteiger partial charge in [-0.15, -0.1) is 10.2 Å². The lowest BCUT2D eigenvalue weighted by atomic mass is 10.2. The molecule has 32 heavy (non-hydrogen) atoms. The SMILES string of the molecule is CCCc1nnc(SCc2ccc(Br)cc2)n1/N=C\c1cc(OCC)c([O-])c([N+](=O)[O-])c1. The molecule has 0 aliphatic heterocycles. The lowest BCUT2D eigenvalue weighted by Gasteiger charge is -2.14. The summed E-state index contributed by atoms with van der Waals surface area (Å²) in [6.45, 7) is 3.95. The van der Waals surface area contributed by atoms with Gasteiger partial charge in [-0.3, -0.25) is 10.1 Å². The number of benzene rings is 2. The molecule has 0 aliphatic carbocycles. The van der Waals surface area contributed by atoms with Crippen molar-refractivity contribution in [3.63, 3.8) is 0 Å². The van der Waals surface area contributed by atoms with E-state index in [1.165, 1.54) is 30.1 Å². The van der Waals surface area contributed by atoms with Gasteiger partial charge in [0.1, 0.15) is 5.75 Å². The number of rotatable bonds is 10. The van der Waals surface area contributed by atoms with Gasteiger partial charge >= 0.3 is 0 Å². The quantitative estimate of drug-likeness (QED) is 0.167. The van der Waals surface area contributed by atoms with Gasteiger partial charge in [-0.25, -0.2) is 0 Å². The number of ether oxygens (including phenoxy) is 1. The lowest BCUT2D eigenvalue weighted by Crippen LogP contribution is -2.05. The van der Waals surface area contributed by atoms with Crippen molar-refractivity contribution < 1.29 is 14.8 Å². The molecule has 0 unspecified atom stereocenters. The van der Waals surface area contributed by atoms with E-state index in [2.05, 4.69) is 31.2 Å². The van der Waals surface area contributed by atoms with Gasteiger partial charge in [0.15, 0.2) is 5.82 Å². The van der Waals surface area contributed by atoms with Crippen LogP contribution in [0.1, 0.15) is 37.2 Å². The highest BCUT2D eigenvalue weighted by molar-refractivity contribution is 9.10. The van der Waals surface area contributed by atoms with Crippen LogP contribution in [-0.4, -0.2) is 32.6 Å². The van der Waals surface area contributed by atoms with E-state index in [4.69, 9.17) is 4.74 Å². The molecular formula is C21H21BrN5O4S-. The van der Waals surface area contributed by atoms with Crippen LogP contribution in [0.4, 0.5) is 5.69 Å². The van der Waals surface area contributed by atoms with Crippen molar-refractivity contribution in [2.45, 2.75) is 37.6 Å². The number of aromatic nitrogens is 3. The van der Waals surface area contributed by atoms with Crippen LogP contribution in [-0.2, 0) is 12.2 Å². The predicted molar refractivity (Wildman–Crippen MR) is 124 cm³/mol. The Labute approximate surface area is 197 Å². The van der Waals surface area contributed by atoms with Gasteiger partial charge in [0.25, 0.3) is 5.69 Å². The number of nitro benzene ring substituents is 1. The van der Waals surface area contributed by atoms with Gasteiger partial charge in [0.2, 0.25) is 5.16 Å². The summed E-state index contributed by atoms with van der Waals surface area (Å²) in [5.41, 5.74) is 0.941. The van der Waals surface area contributed by atoms with Crippen LogP contribution in [0, 0.1) is 10.1 Å². The predicted octanol–water partition coefficient (Wildman–Crippen LogP) is 4.55. The molecule has 1 heterocycles. The smallest absolute Gasteiger partial charge is 0.266 e. The van der Waals surface area contributed by atoms with E-state index >= 15 is 0 Å². The third-order valence-electron chi connectivity index (χ3n) is 4.31. The first kappa shape index (κ1) is 23.7. The summed E-state index contributed by atoms with van der Waals surface area (Å²) in [5.74, 6) is 0.529. The van der Waals surface area contributed by atoms with Crippen LogP contribution in [0.3, 0.4) is 0 Å². The Morgan fingerprint density at radius 2 is 2.00 bits per heavy atom. The Hall–Kier alpha value is -2.92. The van der Waals surface area contributed by atoms with E-state index in [9.17, 15) is 15.2 Å². The van der Waals surface area contributed by atoms with Crippen molar-refractivity contribution in [1.29, 1.82) is 0 Å². The summed E-state index contributed by atoms with van der Waals surface area (Å²) in [4.78, 5) is 10.6. The molecule has 0 atom stereocenters. The van der Waals surface area contributed by atoms with E-state index < -0.39 is 16.4 Å². The van der Waals surface area contributed by atoms with E-state index in [-0.39, 0.29) is 12.4 Å². The molecule has 3 rings (SSSR count). The maximum absolute atomic E-state index is 12.2. The zero-order valence-electron chi connectivity index (χ0n) is 17.5. The van der Waals surface area contributed by atoms with Crippen molar-refractivity contribution in [3.05, 3.63) is 67.9 Å². The normalized spacial score (nSPS) is 11.2. The minimum absolute atomic E-state index is 0.0782. The van der Waals surface area contributed by atoms with Gasteiger partial charge in [-0.2, -0.15) is 9.78 Å². The lowest BCUT2D eigenvalue weighted by molar-refractivity contribution is -0.398. The van der Waals surface area contributed by atoms with Gasteiger partial charge < -0.3 is 9.84 Å². The fraction of sp³-hybridized carbons (Fsp3) is 0.286. The summed E-state index contributed by atoms with van der Waals surface area (Å²) >= 11 is 4.91. The first-order valence-corrected chi connectivity index (χ1v) is 11.7. The molecule has 0 amide bonds. The van der Waals surface area contributed by atoms with E-state index in [1.807, 2.05) is 31.2 Å². The second-order valence-corrected chi connectivity index (χ2v) is 8.54. The number of nitro groups is 1. The molecule has 0 spiro atoms. The maximum Gasteiger partial charge on any atom is 0.266 e. The summed E-state index contributed by atoms with van der Waals surface area (Å²) in [5, 5.41) is 37.0. The number of thioether (sulfide) groups is 1. The molecule has 1 aromatic heterocycles. The van der Waals surface area contributed by atoms with Crippen molar-refractivity contribution in [2.75, 3.05) is 6.61 Å². The van der Waals surface area contributed by atoms with Gasteiger partial charge in [-0.1, -0.05) is 46.7 Å². The van der Waals surface area contributed by atoms with Crippen molar-refractivity contribution >= 4 is 39.6 Å². The number of hydrogen-bond acceptors (Lipinski definition) is 8. The largest absolute Gasteiger partial charge is 0.865 e. The topological polar surface area (TPSA) is 118 Å². The van der Waals surface area contributed by atoms with Crippen LogP contribution in [0.25, 0.3) is 0 Å². The van der Waals surface area contributed by atoms with Crippen LogP contribution in [0.15, 0.2) is 51.1 Å². The summed E-state index contributed by atoms with van der Waals surface area (Å²) in [6.07, 6.45) is 2.98. The third-order valence-corrected chi connectivity index (χ3v) is 5.83. The maximum atomic E-state index is 12.2. The van der Waals surface area contributed by atoms with Crippen molar-refractivity contribution in [3.8, 4) is 11.5 Å². The minimum Gasteiger partial charge on any atom is -0.865 e. The molecular weight excluding hydrogens is 498 g/mol. The van der Waals surface area contributed by atoms with E-state index in [1.54, 1.807) is 11.6 Å². The fourth-order valence-corrected chi connectivity index (χ4v) is 3.94. The number of hydrogen-bond donors (Lipinski definition) is 0. The van der Waals surface area contributed by atoms with Crippen LogP contribution in [0.2, 0.25) is 0 Å². The highest BCUT2D eigenvalue weighted by Crippen LogP contribution is 2.34. The summed E-state index contributed by atoms with van der Waals surface area (Å²) in [6, 6.07) is 10.6. The molecule has 0 fully saturated rings. The standard InChI is InChI=1S/C21H22BrN5O4S/c1-3-5-19-24-25-21(32-13-14-6-8-16(22)9-7-14)26(19)23-12-15-10-17(27(29)30)20(28)18(11-15)31-4-2/h6-12,28H,3-5,13H2,1-2H3/p-1/b23-12-. The molecule has 2 aromatic carbocycles. The molecule has 0 bridgehead atoms.